The largest absolute Gasteiger partial charge is 0.463 e. The van der Waals surface area contributed by atoms with Crippen molar-refractivity contribution in [3.63, 3.8) is 0 Å². The Hall–Kier alpha value is -0.830. The molecule has 1 heterocycles. The van der Waals surface area contributed by atoms with Gasteiger partial charge in [0.1, 0.15) is 0 Å². The highest BCUT2D eigenvalue weighted by atomic mass is 127. The fraction of sp³-hybridized carbons (Fsp3) is 0.571. The number of halogens is 1. The van der Waals surface area contributed by atoms with E-state index in [0.29, 0.717) is 18.9 Å². The molecule has 0 aliphatic carbocycles. The highest BCUT2D eigenvalue weighted by molar-refractivity contribution is 14.0. The lowest BCUT2D eigenvalue weighted by Crippen LogP contribution is -2.39. The molecule has 0 amide bonds. The molecule has 1 aromatic rings. The summed E-state index contributed by atoms with van der Waals surface area (Å²) in [6, 6.07) is 4.16. The molecule has 0 bridgehead atoms. The molecule has 0 saturated carbocycles. The lowest BCUT2D eigenvalue weighted by atomic mass is 10.3. The molecule has 0 aliphatic heterocycles. The van der Waals surface area contributed by atoms with Crippen LogP contribution in [0, 0.1) is 0 Å². The minimum Gasteiger partial charge on any atom is -0.463 e. The molecular weight excluding hydrogens is 401 g/mol. The first kappa shape index (κ1) is 20.2. The molecule has 0 saturated heterocycles. The van der Waals surface area contributed by atoms with Gasteiger partial charge in [-0.15, -0.1) is 35.3 Å². The van der Waals surface area contributed by atoms with Gasteiger partial charge in [0.15, 0.2) is 5.96 Å². The first-order chi connectivity index (χ1) is 9.61. The average Bonchev–Trinajstić information content (AvgIpc) is 2.89. The molecule has 0 fully saturated rings. The zero-order valence-electron chi connectivity index (χ0n) is 12.7. The molecule has 120 valence electrons. The fourth-order valence-corrected chi connectivity index (χ4v) is 2.29. The quantitative estimate of drug-likeness (QED) is 0.305. The molecule has 0 radical (unpaired) electrons. The number of esters is 1. The summed E-state index contributed by atoms with van der Waals surface area (Å²) in [5, 5.41) is 8.38. The number of hydrogen-bond acceptors (Lipinski definition) is 4. The number of hydrogen-bond donors (Lipinski definition) is 2. The summed E-state index contributed by atoms with van der Waals surface area (Å²) in [4.78, 5) is 16.8. The molecule has 2 N–H and O–H groups in total. The van der Waals surface area contributed by atoms with E-state index < -0.39 is 0 Å². The maximum absolute atomic E-state index is 11.4. The van der Waals surface area contributed by atoms with Crippen LogP contribution < -0.4 is 10.6 Å². The van der Waals surface area contributed by atoms with E-state index >= 15 is 0 Å². The van der Waals surface area contributed by atoms with Gasteiger partial charge in [-0.05, 0) is 31.7 Å². The number of rotatable bonds is 7. The molecule has 1 aromatic heterocycles. The smallest absolute Gasteiger partial charge is 0.307 e. The zero-order chi connectivity index (χ0) is 14.8. The summed E-state index contributed by atoms with van der Waals surface area (Å²) in [6.45, 7) is 5.02. The van der Waals surface area contributed by atoms with Gasteiger partial charge in [0.2, 0.25) is 0 Å². The number of aliphatic imine (C=N–C) groups is 1. The Balaban J connectivity index is 0.00000400. The molecule has 0 spiro atoms. The van der Waals surface area contributed by atoms with Gasteiger partial charge < -0.3 is 15.4 Å². The van der Waals surface area contributed by atoms with Crippen molar-refractivity contribution in [1.82, 2.24) is 10.6 Å². The number of nitrogens with zero attached hydrogens (tertiary/aromatic N) is 1. The van der Waals surface area contributed by atoms with Crippen LogP contribution in [0.3, 0.4) is 0 Å². The Morgan fingerprint density at radius 1 is 1.38 bits per heavy atom. The van der Waals surface area contributed by atoms with Crippen LogP contribution in [0.4, 0.5) is 0 Å². The molecule has 0 atom stereocenters. The number of carbonyl (C=O) groups excluding carboxylic acids is 1. The van der Waals surface area contributed by atoms with E-state index in [2.05, 4.69) is 27.1 Å². The molecule has 21 heavy (non-hydrogen) atoms. The summed E-state index contributed by atoms with van der Waals surface area (Å²) in [6.07, 6.45) is 1.24. The van der Waals surface area contributed by atoms with Crippen LogP contribution in [0.25, 0.3) is 0 Å². The maximum Gasteiger partial charge on any atom is 0.307 e. The Labute approximate surface area is 147 Å². The van der Waals surface area contributed by atoms with E-state index in [1.54, 1.807) is 18.4 Å². The Morgan fingerprint density at radius 2 is 2.10 bits per heavy atom. The van der Waals surface area contributed by atoms with Crippen LogP contribution in [-0.2, 0) is 16.0 Å². The monoisotopic (exact) mass is 425 g/mol. The average molecular weight is 425 g/mol. The molecule has 0 aromatic carbocycles. The van der Waals surface area contributed by atoms with Crippen molar-refractivity contribution >= 4 is 47.2 Å². The first-order valence-corrected chi connectivity index (χ1v) is 7.66. The predicted octanol–water partition coefficient (Wildman–Crippen LogP) is 2.42. The van der Waals surface area contributed by atoms with Crippen molar-refractivity contribution in [1.29, 1.82) is 0 Å². The summed E-state index contributed by atoms with van der Waals surface area (Å²) in [7, 11) is 1.72. The normalized spacial score (nSPS) is 11.0. The van der Waals surface area contributed by atoms with Crippen molar-refractivity contribution in [2.75, 3.05) is 20.1 Å². The third-order valence-electron chi connectivity index (χ3n) is 2.46. The van der Waals surface area contributed by atoms with Crippen molar-refractivity contribution < 1.29 is 9.53 Å². The minimum absolute atomic E-state index is 0. The highest BCUT2D eigenvalue weighted by Crippen LogP contribution is 2.07. The third-order valence-corrected chi connectivity index (χ3v) is 3.39. The van der Waals surface area contributed by atoms with Crippen LogP contribution in [0.2, 0.25) is 0 Å². The first-order valence-electron chi connectivity index (χ1n) is 6.78. The van der Waals surface area contributed by atoms with Gasteiger partial charge in [-0.25, -0.2) is 0 Å². The lowest BCUT2D eigenvalue weighted by Gasteiger charge is -2.12. The van der Waals surface area contributed by atoms with Crippen LogP contribution in [0.5, 0.6) is 0 Å². The van der Waals surface area contributed by atoms with Crippen molar-refractivity contribution in [3.05, 3.63) is 22.4 Å². The summed E-state index contributed by atoms with van der Waals surface area (Å²) in [5.74, 6) is 0.514. The van der Waals surface area contributed by atoms with Gasteiger partial charge >= 0.3 is 5.97 Å². The second-order valence-corrected chi connectivity index (χ2v) is 5.58. The predicted molar refractivity (Wildman–Crippen MR) is 98.6 cm³/mol. The van der Waals surface area contributed by atoms with E-state index in [9.17, 15) is 4.79 Å². The Bertz CT molecular complexity index is 422. The van der Waals surface area contributed by atoms with Crippen molar-refractivity contribution in [3.8, 4) is 0 Å². The maximum atomic E-state index is 11.4. The fourth-order valence-electron chi connectivity index (χ4n) is 1.58. The summed E-state index contributed by atoms with van der Waals surface area (Å²) >= 11 is 1.75. The number of nitrogens with one attached hydrogen (secondary N) is 2. The van der Waals surface area contributed by atoms with Gasteiger partial charge in [0.05, 0.1) is 12.5 Å². The summed E-state index contributed by atoms with van der Waals surface area (Å²) in [5.41, 5.74) is 0. The standard InChI is InChI=1S/C14H23N3O2S.HI/c1-11(2)19-13(18)7-9-17-14(15-3)16-8-6-12-5-4-10-20-12;/h4-5,10-11H,6-9H2,1-3H3,(H2,15,16,17);1H. The van der Waals surface area contributed by atoms with E-state index in [1.807, 2.05) is 19.9 Å². The number of guanidine groups is 1. The highest BCUT2D eigenvalue weighted by Gasteiger charge is 2.05. The molecule has 0 aliphatic rings. The molecule has 5 nitrogen and oxygen atoms in total. The van der Waals surface area contributed by atoms with E-state index in [0.717, 1.165) is 13.0 Å². The van der Waals surface area contributed by atoms with Gasteiger partial charge in [0, 0.05) is 25.0 Å². The third kappa shape index (κ3) is 9.67. The van der Waals surface area contributed by atoms with Crippen LogP contribution in [0.15, 0.2) is 22.5 Å². The van der Waals surface area contributed by atoms with Crippen LogP contribution in [0.1, 0.15) is 25.1 Å². The Morgan fingerprint density at radius 3 is 2.67 bits per heavy atom. The van der Waals surface area contributed by atoms with E-state index in [4.69, 9.17) is 4.74 Å². The molecule has 7 heteroatoms. The zero-order valence-corrected chi connectivity index (χ0v) is 15.9. The van der Waals surface area contributed by atoms with Gasteiger partial charge in [-0.1, -0.05) is 6.07 Å². The topological polar surface area (TPSA) is 62.7 Å². The van der Waals surface area contributed by atoms with Gasteiger partial charge in [0.25, 0.3) is 0 Å². The second-order valence-electron chi connectivity index (χ2n) is 4.54. The van der Waals surface area contributed by atoms with E-state index in [1.165, 1.54) is 4.88 Å². The summed E-state index contributed by atoms with van der Waals surface area (Å²) < 4.78 is 5.06. The molecule has 0 unspecified atom stereocenters. The molecule has 1 rings (SSSR count). The molecular formula is C14H24IN3O2S. The number of carbonyl (C=O) groups is 1. The van der Waals surface area contributed by atoms with Crippen molar-refractivity contribution in [2.24, 2.45) is 4.99 Å². The lowest BCUT2D eigenvalue weighted by molar-refractivity contribution is -0.147. The second kappa shape index (κ2) is 11.8. The number of ether oxygens (including phenoxy) is 1. The van der Waals surface area contributed by atoms with Crippen LogP contribution in [-0.4, -0.2) is 38.2 Å². The SMILES string of the molecule is CN=C(NCCC(=O)OC(C)C)NCCc1cccs1.I. The number of thiophene rings is 1. The van der Waals surface area contributed by atoms with Gasteiger partial charge in [-0.2, -0.15) is 0 Å². The van der Waals surface area contributed by atoms with E-state index in [-0.39, 0.29) is 36.0 Å². The van der Waals surface area contributed by atoms with Crippen LogP contribution >= 0.6 is 35.3 Å². The minimum atomic E-state index is -0.193. The van der Waals surface area contributed by atoms with Gasteiger partial charge in [-0.3, -0.25) is 9.79 Å². The van der Waals surface area contributed by atoms with Crippen molar-refractivity contribution in [2.45, 2.75) is 32.8 Å². The Kier molecular flexibility index (Phi) is 11.3.